The molecule has 0 amide bonds. The van der Waals surface area contributed by atoms with Crippen molar-refractivity contribution >= 4 is 18.9 Å². The molecular formula is C41H80O8Ti-4. The van der Waals surface area contributed by atoms with Crippen LogP contribution in [0.15, 0.2) is 25.3 Å². The molecule has 0 aliphatic heterocycles. The van der Waals surface area contributed by atoms with Crippen LogP contribution in [0, 0.1) is 28.6 Å². The van der Waals surface area contributed by atoms with Crippen LogP contribution >= 0.6 is 0 Å². The van der Waals surface area contributed by atoms with Gasteiger partial charge in [0, 0.05) is 0 Å². The third-order valence-corrected chi connectivity index (χ3v) is 5.50. The first-order valence-electron chi connectivity index (χ1n) is 17.9. The molecule has 0 saturated heterocycles. The average molecular weight is 749 g/mol. The van der Waals surface area contributed by atoms with Crippen molar-refractivity contribution in [3.05, 3.63) is 32.2 Å². The minimum absolute atomic E-state index is 0.208. The maximum atomic E-state index is 9.84. The fourth-order valence-corrected chi connectivity index (χ4v) is 3.19. The normalized spacial score (nSPS) is 10.4. The van der Waals surface area contributed by atoms with Crippen LogP contribution in [0.1, 0.15) is 179 Å². The van der Waals surface area contributed by atoms with Gasteiger partial charge in [0.05, 0.1) is 13.2 Å². The quantitative estimate of drug-likeness (QED) is 0.0334. The molecule has 0 saturated carbocycles. The Morgan fingerprint density at radius 2 is 0.720 bits per heavy atom. The molecule has 0 radical (unpaired) electrons. The second kappa shape index (κ2) is 47.8. The molecule has 2 N–H and O–H groups in total. The van der Waals surface area contributed by atoms with Gasteiger partial charge in [0.1, 0.15) is 0 Å². The van der Waals surface area contributed by atoms with E-state index in [-0.39, 0.29) is 18.6 Å². The van der Waals surface area contributed by atoms with E-state index >= 15 is 0 Å². The number of carbonyl (C=O) groups excluding carboxylic acids is 3. The summed E-state index contributed by atoms with van der Waals surface area (Å²) in [5, 5.41) is 15.0. The Balaban J connectivity index is -0.0000000909. The van der Waals surface area contributed by atoms with Crippen molar-refractivity contribution in [1.29, 1.82) is 0 Å². The summed E-state index contributed by atoms with van der Waals surface area (Å²) in [6.45, 7) is 37.2. The maximum absolute atomic E-state index is 9.84. The van der Waals surface area contributed by atoms with Gasteiger partial charge in [0.25, 0.3) is 0 Å². The Bertz CT molecular complexity index is 602. The minimum atomic E-state index is 0.208. The summed E-state index contributed by atoms with van der Waals surface area (Å²) >= 11 is 0.750. The second-order valence-corrected chi connectivity index (χ2v) is 16.5. The van der Waals surface area contributed by atoms with Crippen molar-refractivity contribution in [2.24, 2.45) is 21.7 Å². The molecule has 50 heavy (non-hydrogen) atoms. The monoisotopic (exact) mass is 749 g/mol. The van der Waals surface area contributed by atoms with Crippen molar-refractivity contribution in [2.45, 2.75) is 179 Å². The van der Waals surface area contributed by atoms with Crippen LogP contribution in [0.5, 0.6) is 0 Å². The third kappa shape index (κ3) is 137. The van der Waals surface area contributed by atoms with Crippen LogP contribution < -0.4 is 0 Å². The zero-order valence-electron chi connectivity index (χ0n) is 34.6. The van der Waals surface area contributed by atoms with Gasteiger partial charge in [-0.1, -0.05) is 153 Å². The summed E-state index contributed by atoms with van der Waals surface area (Å²) in [6.07, 6.45) is 24.6. The van der Waals surface area contributed by atoms with Gasteiger partial charge in [0.15, 0.2) is 0 Å². The summed E-state index contributed by atoms with van der Waals surface area (Å²) in [6, 6.07) is 0. The van der Waals surface area contributed by atoms with E-state index in [0.717, 1.165) is 39.7 Å². The fourth-order valence-electron chi connectivity index (χ4n) is 3.19. The summed E-state index contributed by atoms with van der Waals surface area (Å²) in [5.41, 5.74) is 1.60. The van der Waals surface area contributed by atoms with Crippen molar-refractivity contribution in [3.8, 4) is 0 Å². The summed E-state index contributed by atoms with van der Waals surface area (Å²) < 4.78 is 8.25. The Kier molecular flexibility index (Phi) is 61.1. The predicted molar refractivity (Wildman–Crippen MR) is 208 cm³/mol. The molecule has 0 unspecified atom stereocenters. The molecule has 0 aliphatic carbocycles. The van der Waals surface area contributed by atoms with Crippen LogP contribution in [-0.4, -0.2) is 42.6 Å². The summed E-state index contributed by atoms with van der Waals surface area (Å²) in [5.74, 6) is 0. The molecule has 0 aliphatic rings. The van der Waals surface area contributed by atoms with E-state index in [9.17, 15) is 14.4 Å². The molecule has 0 aromatic rings. The predicted octanol–water partition coefficient (Wildman–Crippen LogP) is 12.3. The van der Waals surface area contributed by atoms with Crippen LogP contribution in [0.2, 0.25) is 0 Å². The van der Waals surface area contributed by atoms with Gasteiger partial charge in [0.2, 0.25) is 0 Å². The van der Waals surface area contributed by atoms with Crippen LogP contribution in [-0.2, 0) is 47.9 Å². The van der Waals surface area contributed by atoms with Gasteiger partial charge in [-0.25, -0.2) is 9.78 Å². The van der Waals surface area contributed by atoms with Crippen molar-refractivity contribution < 1.29 is 58.4 Å². The Morgan fingerprint density at radius 1 is 0.520 bits per heavy atom. The van der Waals surface area contributed by atoms with Gasteiger partial charge >= 0.3 is 23.7 Å². The first-order valence-corrected chi connectivity index (χ1v) is 18.5. The molecule has 0 fully saturated rings. The molecule has 0 heterocycles. The average Bonchev–Trinajstić information content (AvgIpc) is 2.98. The molecule has 0 spiro atoms. The van der Waals surface area contributed by atoms with Gasteiger partial charge in [-0.2, -0.15) is 24.7 Å². The first-order chi connectivity index (χ1) is 23.0. The molecule has 0 aromatic heterocycles. The molecule has 8 nitrogen and oxygen atoms in total. The van der Waals surface area contributed by atoms with E-state index in [1.165, 1.54) is 69.9 Å². The van der Waals surface area contributed by atoms with E-state index in [4.69, 9.17) is 13.8 Å². The van der Waals surface area contributed by atoms with Crippen molar-refractivity contribution in [3.63, 3.8) is 0 Å². The number of unbranched alkanes of at least 4 members (excludes halogenated alkanes) is 9. The van der Waals surface area contributed by atoms with E-state index in [2.05, 4.69) is 113 Å². The van der Waals surface area contributed by atoms with Crippen LogP contribution in [0.4, 0.5) is 0 Å². The fraction of sp³-hybridized carbons (Fsp3) is 0.805. The van der Waals surface area contributed by atoms with Crippen LogP contribution in [0.25, 0.3) is 0 Å². The SMILES string of the molecule is C=CCOO.C=CCOO.CC(C)(C)CCCCC[C-]=O.CC(C)(C)CCCCC[C-]=O.CC(C)(C)CCCCC[C-]=O.[CH2-]C(C)(C)C.[O]=[Ti]. The zero-order chi connectivity index (χ0) is 41.0. The number of hydrogen-bond acceptors (Lipinski definition) is 8. The van der Waals surface area contributed by atoms with Gasteiger partial charge < -0.3 is 21.3 Å². The number of hydrogen-bond donors (Lipinski definition) is 2. The van der Waals surface area contributed by atoms with E-state index < -0.39 is 0 Å². The van der Waals surface area contributed by atoms with Gasteiger partial charge in [-0.05, 0) is 35.5 Å². The Hall–Kier alpha value is -1.16. The first kappa shape index (κ1) is 63.9. The van der Waals surface area contributed by atoms with Gasteiger partial charge in [-0.15, -0.1) is 13.2 Å². The topological polar surface area (TPSA) is 127 Å². The van der Waals surface area contributed by atoms with Gasteiger partial charge in [-0.3, -0.25) is 29.4 Å². The van der Waals surface area contributed by atoms with Crippen molar-refractivity contribution in [1.82, 2.24) is 0 Å². The molecule has 9 heteroatoms. The van der Waals surface area contributed by atoms with E-state index in [1.54, 1.807) is 0 Å². The molecule has 0 aromatic carbocycles. The van der Waals surface area contributed by atoms with E-state index in [1.807, 2.05) is 18.9 Å². The van der Waals surface area contributed by atoms with Crippen LogP contribution in [0.3, 0.4) is 0 Å². The standard InChI is InChI=1S/3C10H19O.C5H11.2C3H6O2.O.Ti/c3*1-10(2,3)8-6-4-5-7-9-11;1-5(2,3)4;2*1-2-3-5-4;;/h3*4-8H2,1-3H3;1H2,2-4H3;2*2,4H,1,3H2;;/q4*-1;;;;. The summed E-state index contributed by atoms with van der Waals surface area (Å²) in [4.78, 5) is 36.7. The second-order valence-electron chi connectivity index (χ2n) is 16.5. The molecular weight excluding hydrogens is 668 g/mol. The molecule has 300 valence electrons. The zero-order valence-corrected chi connectivity index (χ0v) is 36.2. The summed E-state index contributed by atoms with van der Waals surface area (Å²) in [7, 11) is 0. The molecule has 0 bridgehead atoms. The van der Waals surface area contributed by atoms with Crippen molar-refractivity contribution in [2.75, 3.05) is 13.2 Å². The Labute approximate surface area is 322 Å². The van der Waals surface area contributed by atoms with E-state index in [0.29, 0.717) is 35.5 Å². The molecule has 0 atom stereocenters. The molecule has 0 rings (SSSR count). The third-order valence-electron chi connectivity index (χ3n) is 5.50. The number of rotatable bonds is 19. The Morgan fingerprint density at radius 3 is 0.820 bits per heavy atom.